The van der Waals surface area contributed by atoms with Crippen LogP contribution in [0.1, 0.15) is 46.0 Å². The molecule has 0 unspecified atom stereocenters. The van der Waals surface area contributed by atoms with Gasteiger partial charge in [0.15, 0.2) is 0 Å². The fourth-order valence-corrected chi connectivity index (χ4v) is 2.19. The van der Waals surface area contributed by atoms with Gasteiger partial charge >= 0.3 is 0 Å². The molecule has 0 spiro atoms. The molecule has 0 aromatic rings. The van der Waals surface area contributed by atoms with Gasteiger partial charge in [-0.15, -0.1) is 11.6 Å². The van der Waals surface area contributed by atoms with Crippen LogP contribution >= 0.6 is 11.6 Å². The molecule has 0 saturated heterocycles. The lowest BCUT2D eigenvalue weighted by Crippen LogP contribution is -2.49. The molecule has 0 heterocycles. The monoisotopic (exact) mass is 231 g/mol. The van der Waals surface area contributed by atoms with Gasteiger partial charge in [0.25, 0.3) is 0 Å². The van der Waals surface area contributed by atoms with Crippen LogP contribution in [0.15, 0.2) is 0 Å². The third kappa shape index (κ3) is 3.10. The molecule has 3 heteroatoms. The number of carbonyl (C=O) groups is 1. The molecule has 0 aromatic carbocycles. The van der Waals surface area contributed by atoms with Gasteiger partial charge in [-0.25, -0.2) is 0 Å². The molecule has 2 nitrogen and oxygen atoms in total. The lowest BCUT2D eigenvalue weighted by atomic mass is 9.87. The highest BCUT2D eigenvalue weighted by Crippen LogP contribution is 2.27. The summed E-state index contributed by atoms with van der Waals surface area (Å²) in [5.74, 6) is 1.01. The zero-order chi connectivity index (χ0) is 11.5. The second kappa shape index (κ2) is 5.20. The molecule has 1 saturated carbocycles. The largest absolute Gasteiger partial charge is 0.339 e. The van der Waals surface area contributed by atoms with Gasteiger partial charge < -0.3 is 4.90 Å². The Hall–Kier alpha value is -0.240. The molecule has 1 amide bonds. The first-order valence-electron chi connectivity index (χ1n) is 5.82. The van der Waals surface area contributed by atoms with Crippen LogP contribution < -0.4 is 0 Å². The number of halogens is 1. The van der Waals surface area contributed by atoms with Gasteiger partial charge in [0.2, 0.25) is 5.91 Å². The Morgan fingerprint density at radius 2 is 1.87 bits per heavy atom. The highest BCUT2D eigenvalue weighted by Gasteiger charge is 2.31. The quantitative estimate of drug-likeness (QED) is 0.684. The van der Waals surface area contributed by atoms with E-state index in [-0.39, 0.29) is 17.4 Å². The highest BCUT2D eigenvalue weighted by atomic mass is 35.5. The van der Waals surface area contributed by atoms with Crippen molar-refractivity contribution in [2.45, 2.75) is 51.5 Å². The summed E-state index contributed by atoms with van der Waals surface area (Å²) >= 11 is 5.88. The smallest absolute Gasteiger partial charge is 0.225 e. The van der Waals surface area contributed by atoms with Crippen LogP contribution in [0.2, 0.25) is 0 Å². The summed E-state index contributed by atoms with van der Waals surface area (Å²) in [7, 11) is 1.87. The van der Waals surface area contributed by atoms with E-state index in [2.05, 4.69) is 0 Å². The number of hydrogen-bond acceptors (Lipinski definition) is 1. The standard InChI is InChI=1S/C12H22ClNO/c1-12(2,9-13)14(3)11(15)10-7-5-4-6-8-10/h10H,4-9H2,1-3H3. The molecule has 1 aliphatic carbocycles. The van der Waals surface area contributed by atoms with E-state index >= 15 is 0 Å². The van der Waals surface area contributed by atoms with Crippen molar-refractivity contribution in [3.05, 3.63) is 0 Å². The van der Waals surface area contributed by atoms with Gasteiger partial charge in [-0.05, 0) is 26.7 Å². The van der Waals surface area contributed by atoms with Crippen molar-refractivity contribution < 1.29 is 4.79 Å². The van der Waals surface area contributed by atoms with Gasteiger partial charge in [-0.2, -0.15) is 0 Å². The van der Waals surface area contributed by atoms with E-state index in [1.54, 1.807) is 0 Å². The van der Waals surface area contributed by atoms with Crippen LogP contribution in [-0.4, -0.2) is 29.3 Å². The number of alkyl halides is 1. The summed E-state index contributed by atoms with van der Waals surface area (Å²) in [5.41, 5.74) is -0.226. The third-order valence-corrected chi connectivity index (χ3v) is 4.17. The maximum atomic E-state index is 12.2. The molecule has 0 N–H and O–H groups in total. The molecule has 88 valence electrons. The average Bonchev–Trinajstić information content (AvgIpc) is 2.28. The average molecular weight is 232 g/mol. The minimum absolute atomic E-state index is 0.226. The lowest BCUT2D eigenvalue weighted by molar-refractivity contribution is -0.139. The summed E-state index contributed by atoms with van der Waals surface area (Å²) in [4.78, 5) is 14.0. The Kier molecular flexibility index (Phi) is 4.45. The summed E-state index contributed by atoms with van der Waals surface area (Å²) in [6, 6.07) is 0. The van der Waals surface area contributed by atoms with Gasteiger partial charge in [0, 0.05) is 18.8 Å². The van der Waals surface area contributed by atoms with Crippen LogP contribution in [0.5, 0.6) is 0 Å². The van der Waals surface area contributed by atoms with Crippen LogP contribution in [0, 0.1) is 5.92 Å². The molecule has 1 rings (SSSR count). The highest BCUT2D eigenvalue weighted by molar-refractivity contribution is 6.18. The number of hydrogen-bond donors (Lipinski definition) is 0. The Bertz CT molecular complexity index is 222. The van der Waals surface area contributed by atoms with Crippen molar-refractivity contribution >= 4 is 17.5 Å². The topological polar surface area (TPSA) is 20.3 Å². The van der Waals surface area contributed by atoms with E-state index in [4.69, 9.17) is 11.6 Å². The Morgan fingerprint density at radius 1 is 1.33 bits per heavy atom. The van der Waals surface area contributed by atoms with E-state index in [0.29, 0.717) is 5.88 Å². The van der Waals surface area contributed by atoms with Crippen molar-refractivity contribution in [3.8, 4) is 0 Å². The minimum atomic E-state index is -0.226. The van der Waals surface area contributed by atoms with Gasteiger partial charge in [0.05, 0.1) is 5.54 Å². The third-order valence-electron chi connectivity index (χ3n) is 3.52. The Morgan fingerprint density at radius 3 is 2.33 bits per heavy atom. The second-order valence-electron chi connectivity index (χ2n) is 5.18. The van der Waals surface area contributed by atoms with Crippen molar-refractivity contribution in [2.24, 2.45) is 5.92 Å². The molecular weight excluding hydrogens is 210 g/mol. The second-order valence-corrected chi connectivity index (χ2v) is 5.45. The molecule has 0 atom stereocenters. The van der Waals surface area contributed by atoms with Crippen molar-refractivity contribution in [1.82, 2.24) is 4.90 Å². The fourth-order valence-electron chi connectivity index (χ4n) is 2.01. The lowest BCUT2D eigenvalue weighted by Gasteiger charge is -2.37. The first kappa shape index (κ1) is 12.8. The Labute approximate surface area is 98.0 Å². The van der Waals surface area contributed by atoms with Gasteiger partial charge in [-0.3, -0.25) is 4.79 Å². The van der Waals surface area contributed by atoms with Crippen LogP contribution in [0.3, 0.4) is 0 Å². The molecule has 1 aliphatic rings. The van der Waals surface area contributed by atoms with Crippen LogP contribution in [0.25, 0.3) is 0 Å². The first-order chi connectivity index (χ1) is 6.99. The van der Waals surface area contributed by atoms with Crippen molar-refractivity contribution in [1.29, 1.82) is 0 Å². The SMILES string of the molecule is CN(C(=O)C1CCCCC1)C(C)(C)CCl. The molecule has 1 fully saturated rings. The summed E-state index contributed by atoms with van der Waals surface area (Å²) in [6.07, 6.45) is 5.80. The normalized spacial score (nSPS) is 18.9. The molecule has 0 aromatic heterocycles. The zero-order valence-electron chi connectivity index (χ0n) is 10.1. The number of amides is 1. The minimum Gasteiger partial charge on any atom is -0.339 e. The van der Waals surface area contributed by atoms with Crippen LogP contribution in [0.4, 0.5) is 0 Å². The predicted octanol–water partition coefficient (Wildman–Crippen LogP) is 3.04. The maximum Gasteiger partial charge on any atom is 0.225 e. The van der Waals surface area contributed by atoms with Gasteiger partial charge in [0.1, 0.15) is 0 Å². The summed E-state index contributed by atoms with van der Waals surface area (Å²) in [5, 5.41) is 0. The number of rotatable bonds is 3. The van der Waals surface area contributed by atoms with Crippen LogP contribution in [-0.2, 0) is 4.79 Å². The predicted molar refractivity (Wildman–Crippen MR) is 64.1 cm³/mol. The molecular formula is C12H22ClNO. The fraction of sp³-hybridized carbons (Fsp3) is 0.917. The van der Waals surface area contributed by atoms with E-state index in [1.165, 1.54) is 19.3 Å². The van der Waals surface area contributed by atoms with E-state index in [9.17, 15) is 4.79 Å². The first-order valence-corrected chi connectivity index (χ1v) is 6.36. The van der Waals surface area contributed by atoms with Crippen molar-refractivity contribution in [2.75, 3.05) is 12.9 Å². The van der Waals surface area contributed by atoms with E-state index in [0.717, 1.165) is 12.8 Å². The van der Waals surface area contributed by atoms with Crippen molar-refractivity contribution in [3.63, 3.8) is 0 Å². The zero-order valence-corrected chi connectivity index (χ0v) is 10.8. The maximum absolute atomic E-state index is 12.2. The molecule has 0 bridgehead atoms. The van der Waals surface area contributed by atoms with E-state index in [1.807, 2.05) is 25.8 Å². The summed E-state index contributed by atoms with van der Waals surface area (Å²) in [6.45, 7) is 4.03. The van der Waals surface area contributed by atoms with E-state index < -0.39 is 0 Å². The molecule has 15 heavy (non-hydrogen) atoms. The number of carbonyl (C=O) groups excluding carboxylic acids is 1. The van der Waals surface area contributed by atoms with Gasteiger partial charge in [-0.1, -0.05) is 19.3 Å². The molecule has 0 aliphatic heterocycles. The Balaban J connectivity index is 2.58. The number of nitrogens with zero attached hydrogens (tertiary/aromatic N) is 1. The summed E-state index contributed by atoms with van der Waals surface area (Å²) < 4.78 is 0. The molecule has 0 radical (unpaired) electrons.